The van der Waals surface area contributed by atoms with E-state index in [-0.39, 0.29) is 29.6 Å². The summed E-state index contributed by atoms with van der Waals surface area (Å²) < 4.78 is 22.0. The molecule has 0 aromatic carbocycles. The van der Waals surface area contributed by atoms with Crippen molar-refractivity contribution in [2.75, 3.05) is 0 Å². The van der Waals surface area contributed by atoms with Crippen molar-refractivity contribution in [2.24, 2.45) is 0 Å². The van der Waals surface area contributed by atoms with Crippen molar-refractivity contribution < 1.29 is 38.3 Å². The molecular weight excluding hydrogens is 259 g/mol. The molecule has 0 aliphatic rings. The van der Waals surface area contributed by atoms with Crippen LogP contribution >= 0.6 is 27.3 Å². The molecular formula is C5H4BrNaO2S2. The fourth-order valence-electron chi connectivity index (χ4n) is 0.514. The second-order valence-electron chi connectivity index (χ2n) is 1.76. The predicted molar refractivity (Wildman–Crippen MR) is 43.9 cm³/mol. The quantitative estimate of drug-likeness (QED) is 0.484. The van der Waals surface area contributed by atoms with Crippen LogP contribution in [0.2, 0.25) is 0 Å². The van der Waals surface area contributed by atoms with Gasteiger partial charge >= 0.3 is 29.6 Å². The van der Waals surface area contributed by atoms with E-state index in [0.717, 1.165) is 9.35 Å². The van der Waals surface area contributed by atoms with Crippen molar-refractivity contribution in [3.8, 4) is 0 Å². The average molecular weight is 263 g/mol. The van der Waals surface area contributed by atoms with Crippen LogP contribution in [-0.4, -0.2) is 8.76 Å². The van der Waals surface area contributed by atoms with Gasteiger partial charge in [-0.25, -0.2) is 0 Å². The summed E-state index contributed by atoms with van der Waals surface area (Å²) in [6.45, 7) is 1.86. The Kier molecular flexibility index (Phi) is 5.71. The molecule has 0 amide bonds. The third-order valence-electron chi connectivity index (χ3n) is 0.999. The van der Waals surface area contributed by atoms with E-state index in [0.29, 0.717) is 4.21 Å². The fourth-order valence-corrected chi connectivity index (χ4v) is 2.90. The van der Waals surface area contributed by atoms with E-state index in [2.05, 4.69) is 15.9 Å². The van der Waals surface area contributed by atoms with Crippen LogP contribution in [0.25, 0.3) is 0 Å². The van der Waals surface area contributed by atoms with E-state index < -0.39 is 11.1 Å². The minimum absolute atomic E-state index is 0. The molecule has 0 saturated carbocycles. The number of hydrogen-bond donors (Lipinski definition) is 0. The van der Waals surface area contributed by atoms with Gasteiger partial charge in [0.05, 0.1) is 8.00 Å². The molecule has 1 heterocycles. The molecule has 1 atom stereocenters. The van der Waals surface area contributed by atoms with E-state index in [1.807, 2.05) is 6.92 Å². The molecule has 0 aliphatic heterocycles. The minimum Gasteiger partial charge on any atom is -0.768 e. The van der Waals surface area contributed by atoms with Crippen LogP contribution in [0.15, 0.2) is 14.1 Å². The van der Waals surface area contributed by atoms with E-state index in [1.165, 1.54) is 11.3 Å². The average Bonchev–Trinajstić information content (AvgIpc) is 2.13. The predicted octanol–water partition coefficient (Wildman–Crippen LogP) is -0.939. The Hall–Kier alpha value is 1.29. The first-order valence-corrected chi connectivity index (χ1v) is 5.15. The van der Waals surface area contributed by atoms with Gasteiger partial charge in [0, 0.05) is 0 Å². The maximum Gasteiger partial charge on any atom is 1.00 e. The summed E-state index contributed by atoms with van der Waals surface area (Å²) in [6, 6.07) is 1.64. The molecule has 0 radical (unpaired) electrons. The molecule has 6 heteroatoms. The molecule has 1 aromatic heterocycles. The molecule has 2 nitrogen and oxygen atoms in total. The number of aryl methyl sites for hydroxylation is 1. The van der Waals surface area contributed by atoms with Gasteiger partial charge in [0.1, 0.15) is 0 Å². The number of thiophene rings is 1. The van der Waals surface area contributed by atoms with Gasteiger partial charge in [-0.3, -0.25) is 4.21 Å². The maximum absolute atomic E-state index is 10.4. The summed E-state index contributed by atoms with van der Waals surface area (Å²) in [5.41, 5.74) is 0.962. The van der Waals surface area contributed by atoms with Gasteiger partial charge in [-0.2, -0.15) is 0 Å². The Labute approximate surface area is 102 Å². The van der Waals surface area contributed by atoms with E-state index >= 15 is 0 Å². The van der Waals surface area contributed by atoms with Crippen molar-refractivity contribution in [2.45, 2.75) is 11.1 Å². The molecule has 11 heavy (non-hydrogen) atoms. The first kappa shape index (κ1) is 12.3. The Balaban J connectivity index is 0.000001000. The second kappa shape index (κ2) is 5.11. The number of halogens is 1. The van der Waals surface area contributed by atoms with Gasteiger partial charge in [-0.15, -0.1) is 11.3 Å². The number of hydrogen-bond acceptors (Lipinski definition) is 3. The second-order valence-corrected chi connectivity index (χ2v) is 5.29. The van der Waals surface area contributed by atoms with Crippen molar-refractivity contribution in [1.29, 1.82) is 0 Å². The molecule has 0 saturated heterocycles. The summed E-state index contributed by atoms with van der Waals surface area (Å²) in [5.74, 6) is 0. The molecule has 56 valence electrons. The molecule has 1 aromatic rings. The summed E-state index contributed by atoms with van der Waals surface area (Å²) in [5, 5.41) is 0. The van der Waals surface area contributed by atoms with Crippen molar-refractivity contribution >= 4 is 38.3 Å². The van der Waals surface area contributed by atoms with Gasteiger partial charge in [-0.1, -0.05) is 0 Å². The summed E-state index contributed by atoms with van der Waals surface area (Å²) in [7, 11) is 0. The zero-order valence-corrected chi connectivity index (χ0v) is 11.3. The first-order chi connectivity index (χ1) is 4.61. The summed E-state index contributed by atoms with van der Waals surface area (Å²) in [4.78, 5) is 0. The van der Waals surface area contributed by atoms with Crippen molar-refractivity contribution in [3.63, 3.8) is 0 Å². The third kappa shape index (κ3) is 3.26. The third-order valence-corrected chi connectivity index (χ3v) is 4.03. The summed E-state index contributed by atoms with van der Waals surface area (Å²) in [6.07, 6.45) is 0. The largest absolute Gasteiger partial charge is 1.00 e. The summed E-state index contributed by atoms with van der Waals surface area (Å²) >= 11 is 2.38. The van der Waals surface area contributed by atoms with Crippen LogP contribution in [0.3, 0.4) is 0 Å². The SMILES string of the molecule is Cc1cc(S(=O)[O-])sc1Br.[Na+]. The van der Waals surface area contributed by atoms with Crippen LogP contribution in [-0.2, 0) is 11.1 Å². The molecule has 0 N–H and O–H groups in total. The Morgan fingerprint density at radius 2 is 2.27 bits per heavy atom. The standard InChI is InChI=1S/C5H5BrO2S2.Na/c1-3-2-4(10(7)8)9-5(3)6;/h2H,1H3,(H,7,8);/q;+1/p-1. The van der Waals surface area contributed by atoms with Crippen LogP contribution in [0.1, 0.15) is 5.56 Å². The van der Waals surface area contributed by atoms with Crippen LogP contribution < -0.4 is 29.6 Å². The topological polar surface area (TPSA) is 40.1 Å². The maximum atomic E-state index is 10.4. The Morgan fingerprint density at radius 3 is 2.45 bits per heavy atom. The zero-order valence-electron chi connectivity index (χ0n) is 6.09. The molecule has 1 unspecified atom stereocenters. The van der Waals surface area contributed by atoms with E-state index in [9.17, 15) is 8.76 Å². The molecule has 0 bridgehead atoms. The van der Waals surface area contributed by atoms with Crippen molar-refractivity contribution in [3.05, 3.63) is 15.4 Å². The van der Waals surface area contributed by atoms with Crippen molar-refractivity contribution in [1.82, 2.24) is 0 Å². The smallest absolute Gasteiger partial charge is 0.768 e. The fraction of sp³-hybridized carbons (Fsp3) is 0.200. The molecule has 0 fully saturated rings. The van der Waals surface area contributed by atoms with E-state index in [1.54, 1.807) is 6.07 Å². The Morgan fingerprint density at radius 1 is 1.73 bits per heavy atom. The monoisotopic (exact) mass is 262 g/mol. The van der Waals surface area contributed by atoms with E-state index in [4.69, 9.17) is 0 Å². The first-order valence-electron chi connectivity index (χ1n) is 2.46. The van der Waals surface area contributed by atoms with Crippen LogP contribution in [0.5, 0.6) is 0 Å². The molecule has 0 aliphatic carbocycles. The van der Waals surface area contributed by atoms with Gasteiger partial charge in [-0.05, 0) is 45.6 Å². The van der Waals surface area contributed by atoms with Crippen LogP contribution in [0.4, 0.5) is 0 Å². The van der Waals surface area contributed by atoms with Gasteiger partial charge < -0.3 is 4.55 Å². The van der Waals surface area contributed by atoms with Gasteiger partial charge in [0.2, 0.25) is 0 Å². The van der Waals surface area contributed by atoms with Gasteiger partial charge in [0.15, 0.2) is 0 Å². The molecule has 0 spiro atoms. The van der Waals surface area contributed by atoms with Crippen LogP contribution in [0, 0.1) is 6.92 Å². The normalized spacial score (nSPS) is 12.3. The molecule has 1 rings (SSSR count). The minimum atomic E-state index is -2.08. The Bertz CT molecular complexity index is 254. The number of rotatable bonds is 1. The van der Waals surface area contributed by atoms with Gasteiger partial charge in [0.25, 0.3) is 0 Å². The zero-order chi connectivity index (χ0) is 7.72.